The number of H-pyrrole nitrogens is 1. The van der Waals surface area contributed by atoms with Crippen LogP contribution in [0.1, 0.15) is 12.5 Å². The Morgan fingerprint density at radius 3 is 2.42 bits per heavy atom. The fourth-order valence-electron chi connectivity index (χ4n) is 3.53. The first-order valence-electron chi connectivity index (χ1n) is 10.6. The number of ether oxygens (including phenoxy) is 1. The van der Waals surface area contributed by atoms with Gasteiger partial charge in [-0.3, -0.25) is 14.9 Å². The number of fused-ring (bicyclic) bond motifs is 1. The molecule has 0 unspecified atom stereocenters. The number of nitro groups is 1. The van der Waals surface area contributed by atoms with Crippen LogP contribution in [0.4, 0.5) is 24.5 Å². The number of carbonyl (C=O) groups is 1. The minimum Gasteiger partial charge on any atom is -0.490 e. The van der Waals surface area contributed by atoms with Crippen LogP contribution in [0.3, 0.4) is 0 Å². The van der Waals surface area contributed by atoms with Gasteiger partial charge in [0.1, 0.15) is 17.9 Å². The lowest BCUT2D eigenvalue weighted by Crippen LogP contribution is -2.45. The number of alkyl halides is 3. The van der Waals surface area contributed by atoms with Gasteiger partial charge in [0.15, 0.2) is 5.60 Å². The predicted octanol–water partition coefficient (Wildman–Crippen LogP) is 5.53. The number of aromatic nitrogens is 1. The maximum Gasteiger partial charge on any atom is 0.423 e. The van der Waals surface area contributed by atoms with Crippen LogP contribution in [-0.2, 0) is 11.0 Å². The summed E-state index contributed by atoms with van der Waals surface area (Å²) in [6, 6.07) is 16.9. The normalized spacial score (nSPS) is 13.2. The Labute approximate surface area is 202 Å². The molecule has 1 heterocycles. The molecule has 0 spiro atoms. The zero-order chi connectivity index (χ0) is 26.1. The fourth-order valence-corrected chi connectivity index (χ4v) is 3.53. The van der Waals surface area contributed by atoms with Gasteiger partial charge in [0, 0.05) is 23.5 Å². The van der Waals surface area contributed by atoms with E-state index < -0.39 is 40.5 Å². The summed E-state index contributed by atoms with van der Waals surface area (Å²) in [5.41, 5.74) is -2.21. The Balaban J connectivity index is 1.41. The molecule has 0 radical (unpaired) electrons. The molecule has 0 aliphatic carbocycles. The van der Waals surface area contributed by atoms with E-state index in [1.165, 1.54) is 0 Å². The summed E-state index contributed by atoms with van der Waals surface area (Å²) in [7, 11) is 0. The summed E-state index contributed by atoms with van der Waals surface area (Å²) in [4.78, 5) is 25.3. The van der Waals surface area contributed by atoms with Gasteiger partial charge in [-0.2, -0.15) is 13.2 Å². The molecule has 8 nitrogen and oxygen atoms in total. The molecule has 36 heavy (non-hydrogen) atoms. The molecule has 0 aliphatic rings. The SMILES string of the molecule is C[C@](O)(COc1ccc(-c2ccc3[nH]ccc3c2)cc1)C(=O)Nc1ccc([N+](=O)[O-])c(C(F)(F)F)c1. The Morgan fingerprint density at radius 2 is 1.75 bits per heavy atom. The van der Waals surface area contributed by atoms with Gasteiger partial charge in [0.2, 0.25) is 0 Å². The molecule has 0 saturated heterocycles. The van der Waals surface area contributed by atoms with Gasteiger partial charge >= 0.3 is 6.18 Å². The zero-order valence-corrected chi connectivity index (χ0v) is 18.8. The van der Waals surface area contributed by atoms with E-state index in [1.807, 2.05) is 42.6 Å². The number of nitrogens with zero attached hydrogens (tertiary/aromatic N) is 1. The Hall–Kier alpha value is -4.38. The first kappa shape index (κ1) is 24.7. The third kappa shape index (κ3) is 5.31. The van der Waals surface area contributed by atoms with E-state index in [4.69, 9.17) is 4.74 Å². The van der Waals surface area contributed by atoms with Gasteiger partial charge in [0.25, 0.3) is 11.6 Å². The second kappa shape index (κ2) is 9.34. The van der Waals surface area contributed by atoms with Crippen LogP contribution in [0, 0.1) is 10.1 Å². The van der Waals surface area contributed by atoms with Crippen molar-refractivity contribution in [3.63, 3.8) is 0 Å². The van der Waals surface area contributed by atoms with E-state index in [-0.39, 0.29) is 5.69 Å². The van der Waals surface area contributed by atoms with Crippen molar-refractivity contribution in [1.29, 1.82) is 0 Å². The van der Waals surface area contributed by atoms with Crippen molar-refractivity contribution in [2.75, 3.05) is 11.9 Å². The van der Waals surface area contributed by atoms with E-state index in [1.54, 1.807) is 12.1 Å². The minimum atomic E-state index is -5.01. The second-order valence-electron chi connectivity index (χ2n) is 8.31. The summed E-state index contributed by atoms with van der Waals surface area (Å²) in [5.74, 6) is -0.676. The molecule has 4 aromatic rings. The first-order valence-corrected chi connectivity index (χ1v) is 10.6. The second-order valence-corrected chi connectivity index (χ2v) is 8.31. The van der Waals surface area contributed by atoms with Crippen molar-refractivity contribution in [3.8, 4) is 16.9 Å². The maximum absolute atomic E-state index is 13.2. The van der Waals surface area contributed by atoms with Crippen LogP contribution < -0.4 is 10.1 Å². The average Bonchev–Trinajstić information content (AvgIpc) is 3.30. The molecule has 3 aromatic carbocycles. The lowest BCUT2D eigenvalue weighted by Gasteiger charge is -2.23. The van der Waals surface area contributed by atoms with Crippen LogP contribution in [-0.4, -0.2) is 33.1 Å². The topological polar surface area (TPSA) is 117 Å². The smallest absolute Gasteiger partial charge is 0.423 e. The van der Waals surface area contributed by atoms with Crippen molar-refractivity contribution < 1.29 is 32.7 Å². The van der Waals surface area contributed by atoms with Crippen LogP contribution in [0.2, 0.25) is 0 Å². The summed E-state index contributed by atoms with van der Waals surface area (Å²) in [6.07, 6.45) is -3.15. The van der Waals surface area contributed by atoms with E-state index >= 15 is 0 Å². The third-order valence-corrected chi connectivity index (χ3v) is 5.51. The van der Waals surface area contributed by atoms with Crippen molar-refractivity contribution in [1.82, 2.24) is 4.98 Å². The number of carbonyl (C=O) groups excluding carboxylic acids is 1. The van der Waals surface area contributed by atoms with Crippen molar-refractivity contribution in [3.05, 3.63) is 88.6 Å². The van der Waals surface area contributed by atoms with Gasteiger partial charge in [-0.15, -0.1) is 0 Å². The number of hydrogen-bond acceptors (Lipinski definition) is 5. The molecule has 0 fully saturated rings. The highest BCUT2D eigenvalue weighted by atomic mass is 19.4. The highest BCUT2D eigenvalue weighted by molar-refractivity contribution is 5.97. The van der Waals surface area contributed by atoms with Crippen LogP contribution in [0.25, 0.3) is 22.0 Å². The summed E-state index contributed by atoms with van der Waals surface area (Å²) in [6.45, 7) is 0.644. The number of nitro benzene ring substituents is 1. The number of hydrogen-bond donors (Lipinski definition) is 3. The first-order chi connectivity index (χ1) is 16.9. The molecular formula is C25H20F3N3O5. The van der Waals surface area contributed by atoms with Gasteiger partial charge < -0.3 is 20.1 Å². The van der Waals surface area contributed by atoms with Crippen molar-refractivity contribution in [2.45, 2.75) is 18.7 Å². The number of anilines is 1. The molecule has 11 heteroatoms. The monoisotopic (exact) mass is 499 g/mol. The lowest BCUT2D eigenvalue weighted by molar-refractivity contribution is -0.388. The van der Waals surface area contributed by atoms with Gasteiger partial charge in [-0.05, 0) is 65.9 Å². The molecule has 1 atom stereocenters. The average molecular weight is 499 g/mol. The summed E-state index contributed by atoms with van der Waals surface area (Å²) in [5, 5.41) is 24.6. The van der Waals surface area contributed by atoms with E-state index in [9.17, 15) is 33.2 Å². The highest BCUT2D eigenvalue weighted by Crippen LogP contribution is 2.37. The third-order valence-electron chi connectivity index (χ3n) is 5.51. The quantitative estimate of drug-likeness (QED) is 0.228. The van der Waals surface area contributed by atoms with Crippen LogP contribution in [0.5, 0.6) is 5.75 Å². The van der Waals surface area contributed by atoms with Crippen LogP contribution in [0.15, 0.2) is 72.9 Å². The summed E-state index contributed by atoms with van der Waals surface area (Å²) < 4.78 is 45.0. The number of halogens is 3. The molecule has 1 amide bonds. The predicted molar refractivity (Wildman–Crippen MR) is 127 cm³/mol. The van der Waals surface area contributed by atoms with Gasteiger partial charge in [0.05, 0.1) is 4.92 Å². The number of aromatic amines is 1. The fraction of sp³-hybridized carbons (Fsp3) is 0.160. The highest BCUT2D eigenvalue weighted by Gasteiger charge is 2.39. The number of aliphatic hydroxyl groups is 1. The van der Waals surface area contributed by atoms with Gasteiger partial charge in [-0.25, -0.2) is 0 Å². The van der Waals surface area contributed by atoms with Gasteiger partial charge in [-0.1, -0.05) is 18.2 Å². The lowest BCUT2D eigenvalue weighted by atomic mass is 10.0. The van der Waals surface area contributed by atoms with Crippen LogP contribution >= 0.6 is 0 Å². The van der Waals surface area contributed by atoms with E-state index in [0.717, 1.165) is 35.0 Å². The minimum absolute atomic E-state index is 0.359. The number of rotatable bonds is 7. The van der Waals surface area contributed by atoms with E-state index in [0.29, 0.717) is 17.9 Å². The molecule has 0 aliphatic heterocycles. The Morgan fingerprint density at radius 1 is 1.06 bits per heavy atom. The molecule has 0 saturated carbocycles. The Kier molecular flexibility index (Phi) is 6.42. The molecular weight excluding hydrogens is 479 g/mol. The Bertz CT molecular complexity index is 1430. The summed E-state index contributed by atoms with van der Waals surface area (Å²) >= 11 is 0. The van der Waals surface area contributed by atoms with Crippen molar-refractivity contribution in [2.24, 2.45) is 0 Å². The maximum atomic E-state index is 13.2. The zero-order valence-electron chi connectivity index (χ0n) is 18.8. The number of nitrogens with one attached hydrogen (secondary N) is 2. The number of benzene rings is 3. The van der Waals surface area contributed by atoms with E-state index in [2.05, 4.69) is 10.3 Å². The number of amides is 1. The molecule has 1 aromatic heterocycles. The molecule has 3 N–H and O–H groups in total. The van der Waals surface area contributed by atoms with Crippen molar-refractivity contribution >= 4 is 28.2 Å². The standard InChI is InChI=1S/C25H20F3N3O5/c1-24(33,23(32)30-18-5-9-22(31(34)35)20(13-18)25(26,27)28)14-36-19-6-2-15(3-7-19)16-4-8-21-17(12-16)10-11-29-21/h2-13,29,33H,14H2,1H3,(H,30,32)/t24-/m0/s1. The molecule has 186 valence electrons. The molecule has 0 bridgehead atoms. The molecule has 4 rings (SSSR count). The largest absolute Gasteiger partial charge is 0.490 e.